The quantitative estimate of drug-likeness (QED) is 0.507. The van der Waals surface area contributed by atoms with Gasteiger partial charge in [-0.1, -0.05) is 60.5 Å². The fourth-order valence-corrected chi connectivity index (χ4v) is 4.52. The van der Waals surface area contributed by atoms with Crippen molar-refractivity contribution in [2.75, 3.05) is 12.3 Å². The molecule has 3 amide bonds. The number of nitrogens with zero attached hydrogens (tertiary/aromatic N) is 1. The molecule has 0 bridgehead atoms. The number of hydrogen-bond donors (Lipinski definition) is 1. The van der Waals surface area contributed by atoms with E-state index in [1.54, 1.807) is 37.3 Å². The van der Waals surface area contributed by atoms with E-state index in [1.807, 2.05) is 0 Å². The van der Waals surface area contributed by atoms with E-state index in [2.05, 4.69) is 5.32 Å². The molecule has 0 aliphatic carbocycles. The molecular weight excluding hydrogens is 439 g/mol. The Morgan fingerprint density at radius 1 is 1.10 bits per heavy atom. The highest BCUT2D eigenvalue weighted by Crippen LogP contribution is 2.32. The number of benzene rings is 2. The van der Waals surface area contributed by atoms with Crippen molar-refractivity contribution >= 4 is 45.3 Å². The molecule has 0 radical (unpaired) electrons. The van der Waals surface area contributed by atoms with Crippen molar-refractivity contribution in [3.63, 3.8) is 0 Å². The van der Waals surface area contributed by atoms with E-state index in [0.717, 1.165) is 4.90 Å². The molecule has 2 aromatic rings. The van der Waals surface area contributed by atoms with E-state index < -0.39 is 33.3 Å². The summed E-state index contributed by atoms with van der Waals surface area (Å²) in [7, 11) is -4.11. The summed E-state index contributed by atoms with van der Waals surface area (Å²) in [6, 6.07) is 12.3. The molecule has 1 fully saturated rings. The zero-order valence-electron chi connectivity index (χ0n) is 15.4. The summed E-state index contributed by atoms with van der Waals surface area (Å²) >= 11 is 11.7. The van der Waals surface area contributed by atoms with E-state index in [1.165, 1.54) is 18.2 Å². The van der Waals surface area contributed by atoms with E-state index in [9.17, 15) is 18.0 Å². The summed E-state index contributed by atoms with van der Waals surface area (Å²) in [5.74, 6) is -1.17. The number of halogens is 2. The second-order valence-electron chi connectivity index (χ2n) is 6.43. The number of urea groups is 1. The molecule has 0 saturated carbocycles. The van der Waals surface area contributed by atoms with Gasteiger partial charge in [0.15, 0.2) is 5.75 Å². The lowest BCUT2D eigenvalue weighted by Crippen LogP contribution is -2.43. The van der Waals surface area contributed by atoms with Gasteiger partial charge >= 0.3 is 16.1 Å². The van der Waals surface area contributed by atoms with E-state index in [-0.39, 0.29) is 17.3 Å². The third-order valence-corrected chi connectivity index (χ3v) is 6.29. The lowest BCUT2D eigenvalue weighted by atomic mass is 9.87. The van der Waals surface area contributed by atoms with Crippen molar-refractivity contribution < 1.29 is 22.2 Å². The summed E-state index contributed by atoms with van der Waals surface area (Å²) in [4.78, 5) is 26.3. The number of imide groups is 1. The minimum absolute atomic E-state index is 0.0325. The van der Waals surface area contributed by atoms with Crippen LogP contribution in [0.15, 0.2) is 48.5 Å². The van der Waals surface area contributed by atoms with Gasteiger partial charge in [-0.15, -0.1) is 0 Å². The molecule has 0 aromatic heterocycles. The van der Waals surface area contributed by atoms with Crippen LogP contribution < -0.4 is 9.50 Å². The topological polar surface area (TPSA) is 92.8 Å². The maximum atomic E-state index is 13.0. The van der Waals surface area contributed by atoms with Crippen molar-refractivity contribution in [1.29, 1.82) is 0 Å². The average Bonchev–Trinajstić information content (AvgIpc) is 2.93. The Morgan fingerprint density at radius 2 is 1.79 bits per heavy atom. The van der Waals surface area contributed by atoms with Gasteiger partial charge in [0.05, 0.1) is 5.02 Å². The summed E-state index contributed by atoms with van der Waals surface area (Å²) in [6.45, 7) is 1.42. The molecule has 10 heteroatoms. The van der Waals surface area contributed by atoms with Crippen molar-refractivity contribution in [3.05, 3.63) is 64.1 Å². The van der Waals surface area contributed by atoms with Gasteiger partial charge in [-0.05, 0) is 30.2 Å². The molecule has 29 heavy (non-hydrogen) atoms. The Kier molecular flexibility index (Phi) is 6.07. The van der Waals surface area contributed by atoms with Crippen LogP contribution in [0.25, 0.3) is 0 Å². The maximum absolute atomic E-state index is 13.0. The average molecular weight is 457 g/mol. The third-order valence-electron chi connectivity index (χ3n) is 4.65. The standard InChI is InChI=1S/C19H18Cl2N2O5S/c1-2-19(13-6-4-3-5-7-13)17(24)23(18(25)22-19)10-11-29(26,27)28-16-9-8-14(20)12-15(16)21/h3-9,12H,2,10-11H2,1H3,(H,22,25). The van der Waals surface area contributed by atoms with Gasteiger partial charge < -0.3 is 9.50 Å². The first kappa shape index (κ1) is 21.4. The first-order valence-corrected chi connectivity index (χ1v) is 11.1. The van der Waals surface area contributed by atoms with Crippen LogP contribution in [0.2, 0.25) is 10.0 Å². The van der Waals surface area contributed by atoms with Crippen LogP contribution in [0.5, 0.6) is 5.75 Å². The van der Waals surface area contributed by atoms with Gasteiger partial charge in [0.1, 0.15) is 11.3 Å². The highest BCUT2D eigenvalue weighted by molar-refractivity contribution is 7.87. The summed E-state index contributed by atoms with van der Waals surface area (Å²) in [5.41, 5.74) is -0.585. The Balaban J connectivity index is 1.75. The van der Waals surface area contributed by atoms with Gasteiger partial charge in [0.2, 0.25) is 0 Å². The van der Waals surface area contributed by atoms with Gasteiger partial charge in [-0.2, -0.15) is 8.42 Å². The monoisotopic (exact) mass is 456 g/mol. The number of rotatable bonds is 7. The molecule has 154 valence electrons. The fraction of sp³-hybridized carbons (Fsp3) is 0.263. The highest BCUT2D eigenvalue weighted by atomic mass is 35.5. The molecule has 1 saturated heterocycles. The first-order valence-electron chi connectivity index (χ1n) is 8.75. The molecule has 2 aromatic carbocycles. The minimum atomic E-state index is -4.11. The molecule has 1 aliphatic rings. The predicted octanol–water partition coefficient (Wildman–Crippen LogP) is 3.56. The normalized spacial score (nSPS) is 19.3. The van der Waals surface area contributed by atoms with Crippen molar-refractivity contribution in [2.45, 2.75) is 18.9 Å². The van der Waals surface area contributed by atoms with Gasteiger partial charge in [-0.25, -0.2) is 4.79 Å². The molecule has 1 atom stereocenters. The molecule has 3 rings (SSSR count). The van der Waals surface area contributed by atoms with Crippen LogP contribution in [0.3, 0.4) is 0 Å². The molecule has 1 aliphatic heterocycles. The van der Waals surface area contributed by atoms with Crippen LogP contribution in [0.1, 0.15) is 18.9 Å². The van der Waals surface area contributed by atoms with E-state index in [4.69, 9.17) is 27.4 Å². The molecule has 1 N–H and O–H groups in total. The minimum Gasteiger partial charge on any atom is -0.381 e. The third kappa shape index (κ3) is 4.34. The summed E-state index contributed by atoms with van der Waals surface area (Å²) < 4.78 is 29.6. The number of nitrogens with one attached hydrogen (secondary N) is 1. The summed E-state index contributed by atoms with van der Waals surface area (Å²) in [6.07, 6.45) is 0.321. The van der Waals surface area contributed by atoms with Crippen molar-refractivity contribution in [3.8, 4) is 5.75 Å². The lowest BCUT2D eigenvalue weighted by molar-refractivity contribution is -0.131. The number of amides is 3. The number of hydrogen-bond acceptors (Lipinski definition) is 5. The van der Waals surface area contributed by atoms with Gasteiger partial charge in [0, 0.05) is 11.6 Å². The molecule has 1 unspecified atom stereocenters. The van der Waals surface area contributed by atoms with Crippen molar-refractivity contribution in [1.82, 2.24) is 10.2 Å². The first-order chi connectivity index (χ1) is 13.7. The molecule has 1 heterocycles. The van der Waals surface area contributed by atoms with E-state index in [0.29, 0.717) is 17.0 Å². The molecule has 0 spiro atoms. The van der Waals surface area contributed by atoms with Crippen LogP contribution >= 0.6 is 23.2 Å². The zero-order chi connectivity index (χ0) is 21.2. The number of carbonyl (C=O) groups excluding carboxylic acids is 2. The largest absolute Gasteiger partial charge is 0.381 e. The number of carbonyl (C=O) groups is 2. The molecule has 7 nitrogen and oxygen atoms in total. The van der Waals surface area contributed by atoms with Crippen LogP contribution in [0.4, 0.5) is 4.79 Å². The second-order valence-corrected chi connectivity index (χ2v) is 8.97. The highest BCUT2D eigenvalue weighted by Gasteiger charge is 2.51. The van der Waals surface area contributed by atoms with Crippen LogP contribution in [-0.4, -0.2) is 37.6 Å². The lowest BCUT2D eigenvalue weighted by Gasteiger charge is -2.25. The van der Waals surface area contributed by atoms with Crippen LogP contribution in [0, 0.1) is 0 Å². The fourth-order valence-electron chi connectivity index (χ4n) is 3.12. The second kappa shape index (κ2) is 8.22. The van der Waals surface area contributed by atoms with Gasteiger partial charge in [0.25, 0.3) is 5.91 Å². The Labute approximate surface area is 178 Å². The Hall–Kier alpha value is -2.29. The SMILES string of the molecule is CCC1(c2ccccc2)NC(=O)N(CCS(=O)(=O)Oc2ccc(Cl)cc2Cl)C1=O. The zero-order valence-corrected chi connectivity index (χ0v) is 17.7. The van der Waals surface area contributed by atoms with Gasteiger partial charge in [-0.3, -0.25) is 9.69 Å². The maximum Gasteiger partial charge on any atom is 0.325 e. The Bertz CT molecular complexity index is 1050. The van der Waals surface area contributed by atoms with E-state index >= 15 is 0 Å². The predicted molar refractivity (Wildman–Crippen MR) is 110 cm³/mol. The van der Waals surface area contributed by atoms with Crippen molar-refractivity contribution in [2.24, 2.45) is 0 Å². The molecular formula is C19H18Cl2N2O5S. The summed E-state index contributed by atoms with van der Waals surface area (Å²) in [5, 5.41) is 3.06. The van der Waals surface area contributed by atoms with Crippen LogP contribution in [-0.2, 0) is 20.5 Å². The Morgan fingerprint density at radius 3 is 2.41 bits per heavy atom. The smallest absolute Gasteiger partial charge is 0.325 e.